The Bertz CT molecular complexity index is 594. The van der Waals surface area contributed by atoms with E-state index < -0.39 is 0 Å². The van der Waals surface area contributed by atoms with Gasteiger partial charge in [-0.15, -0.1) is 11.3 Å². The predicted octanol–water partition coefficient (Wildman–Crippen LogP) is 2.84. The molecule has 0 saturated heterocycles. The van der Waals surface area contributed by atoms with E-state index in [0.29, 0.717) is 12.4 Å². The molecule has 0 aliphatic carbocycles. The van der Waals surface area contributed by atoms with Gasteiger partial charge in [0.1, 0.15) is 0 Å². The van der Waals surface area contributed by atoms with Crippen molar-refractivity contribution < 1.29 is 4.74 Å². The minimum atomic E-state index is 0.137. The Morgan fingerprint density at radius 3 is 2.78 bits per heavy atom. The van der Waals surface area contributed by atoms with E-state index in [1.54, 1.807) is 18.4 Å². The molecular formula is C17H24N4OS. The Balaban J connectivity index is 1.74. The van der Waals surface area contributed by atoms with Gasteiger partial charge < -0.3 is 15.4 Å². The highest BCUT2D eigenvalue weighted by Gasteiger charge is 2.02. The molecule has 2 aromatic rings. The quantitative estimate of drug-likeness (QED) is 0.605. The lowest BCUT2D eigenvalue weighted by Crippen LogP contribution is -2.37. The van der Waals surface area contributed by atoms with Crippen molar-refractivity contribution in [2.24, 2.45) is 4.99 Å². The van der Waals surface area contributed by atoms with Gasteiger partial charge in [-0.1, -0.05) is 12.1 Å². The SMILES string of the molecule is CN=C(NCCc1cccs1)NCc1ccc(OC(C)C)nc1. The lowest BCUT2D eigenvalue weighted by atomic mass is 10.3. The molecule has 0 unspecified atom stereocenters. The molecule has 2 aromatic heterocycles. The van der Waals surface area contributed by atoms with Crippen LogP contribution in [0.5, 0.6) is 5.88 Å². The monoisotopic (exact) mass is 332 g/mol. The summed E-state index contributed by atoms with van der Waals surface area (Å²) in [7, 11) is 1.78. The highest BCUT2D eigenvalue weighted by atomic mass is 32.1. The zero-order valence-corrected chi connectivity index (χ0v) is 14.7. The number of pyridine rings is 1. The van der Waals surface area contributed by atoms with Crippen LogP contribution in [-0.2, 0) is 13.0 Å². The van der Waals surface area contributed by atoms with E-state index in [9.17, 15) is 0 Å². The standard InChI is InChI=1S/C17H24N4OS/c1-13(2)22-16-7-6-14(11-20-16)12-21-17(18-3)19-9-8-15-5-4-10-23-15/h4-7,10-11,13H,8-9,12H2,1-3H3,(H2,18,19,21). The van der Waals surface area contributed by atoms with Crippen molar-refractivity contribution in [3.63, 3.8) is 0 Å². The molecule has 2 N–H and O–H groups in total. The summed E-state index contributed by atoms with van der Waals surface area (Å²) in [6.07, 6.45) is 2.96. The summed E-state index contributed by atoms with van der Waals surface area (Å²) >= 11 is 1.78. The van der Waals surface area contributed by atoms with E-state index in [1.807, 2.05) is 32.2 Å². The summed E-state index contributed by atoms with van der Waals surface area (Å²) < 4.78 is 5.54. The maximum atomic E-state index is 5.54. The summed E-state index contributed by atoms with van der Waals surface area (Å²) in [5.74, 6) is 1.45. The van der Waals surface area contributed by atoms with Gasteiger partial charge in [0, 0.05) is 37.3 Å². The van der Waals surface area contributed by atoms with Crippen LogP contribution in [0.2, 0.25) is 0 Å². The molecule has 0 atom stereocenters. The van der Waals surface area contributed by atoms with Crippen LogP contribution in [0, 0.1) is 0 Å². The molecule has 124 valence electrons. The van der Waals surface area contributed by atoms with Gasteiger partial charge in [0.15, 0.2) is 5.96 Å². The Kier molecular flexibility index (Phi) is 6.87. The first-order valence-corrected chi connectivity index (χ1v) is 8.64. The molecule has 0 amide bonds. The number of aliphatic imine (C=N–C) groups is 1. The number of nitrogens with one attached hydrogen (secondary N) is 2. The van der Waals surface area contributed by atoms with Gasteiger partial charge >= 0.3 is 0 Å². The molecule has 2 heterocycles. The zero-order chi connectivity index (χ0) is 16.5. The Morgan fingerprint density at radius 1 is 1.30 bits per heavy atom. The number of ether oxygens (including phenoxy) is 1. The number of thiophene rings is 1. The van der Waals surface area contributed by atoms with Crippen LogP contribution in [0.1, 0.15) is 24.3 Å². The van der Waals surface area contributed by atoms with Crippen molar-refractivity contribution in [3.8, 4) is 5.88 Å². The van der Waals surface area contributed by atoms with Gasteiger partial charge in [-0.05, 0) is 37.3 Å². The minimum absolute atomic E-state index is 0.137. The number of guanidine groups is 1. The smallest absolute Gasteiger partial charge is 0.213 e. The van der Waals surface area contributed by atoms with E-state index in [-0.39, 0.29) is 6.10 Å². The first kappa shape index (κ1) is 17.3. The zero-order valence-electron chi connectivity index (χ0n) is 13.9. The summed E-state index contributed by atoms with van der Waals surface area (Å²) in [5, 5.41) is 8.70. The Morgan fingerprint density at radius 2 is 2.17 bits per heavy atom. The van der Waals surface area contributed by atoms with Crippen molar-refractivity contribution in [2.45, 2.75) is 32.9 Å². The van der Waals surface area contributed by atoms with Crippen molar-refractivity contribution in [2.75, 3.05) is 13.6 Å². The van der Waals surface area contributed by atoms with Crippen LogP contribution >= 0.6 is 11.3 Å². The fraction of sp³-hybridized carbons (Fsp3) is 0.412. The first-order valence-electron chi connectivity index (χ1n) is 7.76. The van der Waals surface area contributed by atoms with Crippen LogP contribution in [-0.4, -0.2) is 30.6 Å². The molecule has 0 radical (unpaired) electrons. The number of nitrogens with zero attached hydrogens (tertiary/aromatic N) is 2. The van der Waals surface area contributed by atoms with Crippen LogP contribution in [0.3, 0.4) is 0 Å². The second kappa shape index (κ2) is 9.15. The number of aromatic nitrogens is 1. The molecular weight excluding hydrogens is 308 g/mol. The summed E-state index contributed by atoms with van der Waals surface area (Å²) in [4.78, 5) is 9.90. The van der Waals surface area contributed by atoms with Crippen molar-refractivity contribution in [1.29, 1.82) is 0 Å². The van der Waals surface area contributed by atoms with E-state index in [4.69, 9.17) is 4.74 Å². The molecule has 0 aliphatic heterocycles. The number of hydrogen-bond donors (Lipinski definition) is 2. The predicted molar refractivity (Wildman–Crippen MR) is 96.2 cm³/mol. The molecule has 0 spiro atoms. The van der Waals surface area contributed by atoms with Crippen LogP contribution < -0.4 is 15.4 Å². The van der Waals surface area contributed by atoms with Crippen molar-refractivity contribution in [1.82, 2.24) is 15.6 Å². The highest BCUT2D eigenvalue weighted by molar-refractivity contribution is 7.09. The summed E-state index contributed by atoms with van der Waals surface area (Å²) in [6.45, 7) is 5.51. The first-order chi connectivity index (χ1) is 11.2. The average molecular weight is 332 g/mol. The van der Waals surface area contributed by atoms with Gasteiger partial charge in [-0.2, -0.15) is 0 Å². The molecule has 0 aliphatic rings. The molecule has 5 nitrogen and oxygen atoms in total. The molecule has 0 aromatic carbocycles. The van der Waals surface area contributed by atoms with Gasteiger partial charge in [-0.25, -0.2) is 4.98 Å². The minimum Gasteiger partial charge on any atom is -0.475 e. The van der Waals surface area contributed by atoms with E-state index in [0.717, 1.165) is 24.5 Å². The average Bonchev–Trinajstić information content (AvgIpc) is 3.05. The molecule has 2 rings (SSSR count). The number of rotatable bonds is 7. The Hall–Kier alpha value is -2.08. The summed E-state index contributed by atoms with van der Waals surface area (Å²) in [6, 6.07) is 8.13. The molecule has 0 saturated carbocycles. The normalized spacial score (nSPS) is 11.6. The van der Waals surface area contributed by atoms with Crippen molar-refractivity contribution >= 4 is 17.3 Å². The second-order valence-electron chi connectivity index (χ2n) is 5.35. The lowest BCUT2D eigenvalue weighted by Gasteiger charge is -2.12. The Labute approximate surface area is 141 Å². The van der Waals surface area contributed by atoms with Gasteiger partial charge in [-0.3, -0.25) is 4.99 Å². The molecule has 23 heavy (non-hydrogen) atoms. The van der Waals surface area contributed by atoms with Crippen LogP contribution in [0.25, 0.3) is 0 Å². The van der Waals surface area contributed by atoms with Gasteiger partial charge in [0.25, 0.3) is 0 Å². The molecule has 6 heteroatoms. The molecule has 0 bridgehead atoms. The highest BCUT2D eigenvalue weighted by Crippen LogP contribution is 2.09. The third kappa shape index (κ3) is 6.28. The van der Waals surface area contributed by atoms with Crippen LogP contribution in [0.4, 0.5) is 0 Å². The third-order valence-electron chi connectivity index (χ3n) is 3.08. The summed E-state index contributed by atoms with van der Waals surface area (Å²) in [5.41, 5.74) is 1.09. The maximum Gasteiger partial charge on any atom is 0.213 e. The van der Waals surface area contributed by atoms with Crippen molar-refractivity contribution in [3.05, 3.63) is 46.3 Å². The van der Waals surface area contributed by atoms with E-state index >= 15 is 0 Å². The lowest BCUT2D eigenvalue weighted by molar-refractivity contribution is 0.232. The molecule has 0 fully saturated rings. The van der Waals surface area contributed by atoms with Gasteiger partial charge in [0.05, 0.1) is 6.10 Å². The van der Waals surface area contributed by atoms with Gasteiger partial charge in [0.2, 0.25) is 5.88 Å². The second-order valence-corrected chi connectivity index (χ2v) is 6.39. The fourth-order valence-electron chi connectivity index (χ4n) is 1.99. The third-order valence-corrected chi connectivity index (χ3v) is 4.02. The topological polar surface area (TPSA) is 58.5 Å². The largest absolute Gasteiger partial charge is 0.475 e. The van der Waals surface area contributed by atoms with E-state index in [2.05, 4.69) is 38.1 Å². The number of hydrogen-bond acceptors (Lipinski definition) is 4. The maximum absolute atomic E-state index is 5.54. The van der Waals surface area contributed by atoms with E-state index in [1.165, 1.54) is 4.88 Å². The fourth-order valence-corrected chi connectivity index (χ4v) is 2.70. The van der Waals surface area contributed by atoms with Crippen LogP contribution in [0.15, 0.2) is 40.8 Å².